The van der Waals surface area contributed by atoms with Crippen LogP contribution < -0.4 is 0 Å². The van der Waals surface area contributed by atoms with Crippen molar-refractivity contribution in [1.82, 2.24) is 0 Å². The second-order valence-electron chi connectivity index (χ2n) is 11.2. The van der Waals surface area contributed by atoms with Gasteiger partial charge in [0.1, 0.15) is 97.7 Å². The highest BCUT2D eigenvalue weighted by Crippen LogP contribution is 2.31. The second kappa shape index (κ2) is 15.6. The Hall–Kier alpha value is -0.840. The van der Waals surface area contributed by atoms with Crippen molar-refractivity contribution in [3.8, 4) is 0 Å². The lowest BCUT2D eigenvalue weighted by Gasteiger charge is -2.46. The number of ether oxygens (including phenoxy) is 7. The normalized spacial score (nSPS) is 52.9. The van der Waals surface area contributed by atoms with E-state index in [-0.39, 0.29) is 0 Å². The Morgan fingerprint density at radius 2 is 0.778 bits per heavy atom. The average molecular weight is 667 g/mol. The van der Waals surface area contributed by atoms with E-state index >= 15 is 0 Å². The number of hydrogen-bond donors (Lipinski definition) is 14. The first-order valence-electron chi connectivity index (χ1n) is 14.1. The molecule has 0 aromatic heterocycles. The van der Waals surface area contributed by atoms with E-state index in [2.05, 4.69) is 0 Å². The summed E-state index contributed by atoms with van der Waals surface area (Å²) in [5, 5.41) is 141. The molecule has 0 saturated carbocycles. The lowest BCUT2D eigenvalue weighted by molar-refractivity contribution is -0.373. The van der Waals surface area contributed by atoms with Crippen LogP contribution in [0, 0.1) is 0 Å². The standard InChI is InChI=1S/C24H42O21/c25-1-5-9(27)14(32)19(37)23(42-5)45-20-16(34)10(28)6(2-26)43-24(20)40-4-8-12(30)15(33)18(36)22(44-8)39-3-7-11(29)13(31)17(35)21(38)41-7/h5-38H,1-4H2/t5-,6-,7-,8-,9-,10-,11-,12-,13+,14+,15+,16+,17-,18-,19-,20-,21+,22+,23-,24+/m1/s1. The molecule has 4 rings (SSSR count). The van der Waals surface area contributed by atoms with E-state index in [1.54, 1.807) is 0 Å². The van der Waals surface area contributed by atoms with Crippen LogP contribution >= 0.6 is 0 Å². The Balaban J connectivity index is 1.43. The summed E-state index contributed by atoms with van der Waals surface area (Å²) in [6, 6.07) is 0. The van der Waals surface area contributed by atoms with Crippen LogP contribution in [0.3, 0.4) is 0 Å². The number of rotatable bonds is 10. The Labute approximate surface area is 254 Å². The van der Waals surface area contributed by atoms with Crippen molar-refractivity contribution in [2.75, 3.05) is 26.4 Å². The quantitative estimate of drug-likeness (QED) is 0.103. The maximum atomic E-state index is 10.7. The number of aliphatic hydroxyl groups excluding tert-OH is 14. The molecule has 0 spiro atoms. The number of aliphatic hydroxyl groups is 14. The highest BCUT2D eigenvalue weighted by Gasteiger charge is 2.52. The SMILES string of the molecule is OC[C@H]1O[C@H](O[C@H]2[C@@H](OC[C@H]3O[C@H](OC[C@H]4O[C@H](O)[C@H](O)[C@@H](O)[C@@H]4O)[C@H](O)[C@@H](O)[C@@H]3O)O[C@H](CO)[C@@H](O)[C@@H]2O)[C@H](O)[C@@H](O)[C@@H]1O. The monoisotopic (exact) mass is 666 g/mol. The van der Waals surface area contributed by atoms with E-state index in [0.717, 1.165) is 0 Å². The molecule has 4 saturated heterocycles. The van der Waals surface area contributed by atoms with Crippen LogP contribution in [0.2, 0.25) is 0 Å². The molecule has 14 N–H and O–H groups in total. The van der Waals surface area contributed by atoms with Gasteiger partial charge in [0.15, 0.2) is 25.2 Å². The molecule has 0 aromatic carbocycles. The van der Waals surface area contributed by atoms with E-state index in [1.807, 2.05) is 0 Å². The minimum atomic E-state index is -1.92. The lowest BCUT2D eigenvalue weighted by atomic mass is 9.97. The van der Waals surface area contributed by atoms with Crippen molar-refractivity contribution >= 4 is 0 Å². The molecule has 0 radical (unpaired) electrons. The van der Waals surface area contributed by atoms with Crippen molar-refractivity contribution < 1.29 is 105 Å². The van der Waals surface area contributed by atoms with E-state index in [9.17, 15) is 71.5 Å². The summed E-state index contributed by atoms with van der Waals surface area (Å²) in [5.41, 5.74) is 0. The molecular formula is C24H42O21. The van der Waals surface area contributed by atoms with Gasteiger partial charge in [0.25, 0.3) is 0 Å². The summed E-state index contributed by atoms with van der Waals surface area (Å²) in [5.74, 6) is 0. The summed E-state index contributed by atoms with van der Waals surface area (Å²) in [6.45, 7) is -2.98. The fourth-order valence-corrected chi connectivity index (χ4v) is 5.31. The highest BCUT2D eigenvalue weighted by atomic mass is 16.8. The van der Waals surface area contributed by atoms with Crippen LogP contribution in [0.15, 0.2) is 0 Å². The van der Waals surface area contributed by atoms with Crippen molar-refractivity contribution in [3.63, 3.8) is 0 Å². The van der Waals surface area contributed by atoms with Gasteiger partial charge in [-0.25, -0.2) is 0 Å². The predicted molar refractivity (Wildman–Crippen MR) is 134 cm³/mol. The Morgan fingerprint density at radius 3 is 1.33 bits per heavy atom. The molecule has 4 aliphatic heterocycles. The van der Waals surface area contributed by atoms with Crippen LogP contribution in [0.5, 0.6) is 0 Å². The third-order valence-corrected chi connectivity index (χ3v) is 8.17. The van der Waals surface area contributed by atoms with Gasteiger partial charge in [-0.3, -0.25) is 0 Å². The molecule has 264 valence electrons. The minimum absolute atomic E-state index is 0.650. The van der Waals surface area contributed by atoms with Gasteiger partial charge in [-0.05, 0) is 0 Å². The van der Waals surface area contributed by atoms with Crippen molar-refractivity contribution in [1.29, 1.82) is 0 Å². The van der Waals surface area contributed by atoms with Gasteiger partial charge in [-0.2, -0.15) is 0 Å². The number of hydrogen-bond acceptors (Lipinski definition) is 21. The van der Waals surface area contributed by atoms with Gasteiger partial charge < -0.3 is 105 Å². The molecule has 0 aliphatic carbocycles. The molecule has 0 aromatic rings. The van der Waals surface area contributed by atoms with Gasteiger partial charge in [-0.15, -0.1) is 0 Å². The molecule has 0 bridgehead atoms. The zero-order valence-electron chi connectivity index (χ0n) is 23.5. The van der Waals surface area contributed by atoms with E-state index in [1.165, 1.54) is 0 Å². The van der Waals surface area contributed by atoms with Crippen LogP contribution in [-0.4, -0.2) is 221 Å². The topological polar surface area (TPSA) is 348 Å². The average Bonchev–Trinajstić information content (AvgIpc) is 3.03. The van der Waals surface area contributed by atoms with Crippen molar-refractivity contribution in [2.45, 2.75) is 123 Å². The van der Waals surface area contributed by atoms with Crippen LogP contribution in [0.1, 0.15) is 0 Å². The Kier molecular flexibility index (Phi) is 12.8. The summed E-state index contributed by atoms with van der Waals surface area (Å²) in [7, 11) is 0. The van der Waals surface area contributed by atoms with E-state index in [0.29, 0.717) is 0 Å². The van der Waals surface area contributed by atoms with Gasteiger partial charge in [0, 0.05) is 0 Å². The molecule has 21 heteroatoms. The summed E-state index contributed by atoms with van der Waals surface area (Å²) in [4.78, 5) is 0. The van der Waals surface area contributed by atoms with Gasteiger partial charge in [0.2, 0.25) is 0 Å². The molecule has 0 unspecified atom stereocenters. The molecule has 4 heterocycles. The first-order valence-corrected chi connectivity index (χ1v) is 14.1. The largest absolute Gasteiger partial charge is 0.394 e. The molecule has 21 nitrogen and oxygen atoms in total. The first-order chi connectivity index (χ1) is 21.2. The van der Waals surface area contributed by atoms with Crippen LogP contribution in [0.25, 0.3) is 0 Å². The van der Waals surface area contributed by atoms with Crippen LogP contribution in [-0.2, 0) is 33.2 Å². The summed E-state index contributed by atoms with van der Waals surface area (Å²) < 4.78 is 37.7. The fourth-order valence-electron chi connectivity index (χ4n) is 5.31. The van der Waals surface area contributed by atoms with Crippen molar-refractivity contribution in [2.24, 2.45) is 0 Å². The fraction of sp³-hybridized carbons (Fsp3) is 1.00. The third-order valence-electron chi connectivity index (χ3n) is 8.17. The van der Waals surface area contributed by atoms with Crippen LogP contribution in [0.4, 0.5) is 0 Å². The Morgan fingerprint density at radius 1 is 0.378 bits per heavy atom. The Bertz CT molecular complexity index is 916. The molecule has 0 amide bonds. The third kappa shape index (κ3) is 7.75. The molecule has 4 fully saturated rings. The zero-order chi connectivity index (χ0) is 33.3. The summed E-state index contributed by atoms with van der Waals surface area (Å²) >= 11 is 0. The lowest BCUT2D eigenvalue weighted by Crippen LogP contribution is -2.65. The maximum Gasteiger partial charge on any atom is 0.187 e. The zero-order valence-corrected chi connectivity index (χ0v) is 23.5. The van der Waals surface area contributed by atoms with E-state index < -0.39 is 149 Å². The van der Waals surface area contributed by atoms with Crippen molar-refractivity contribution in [3.05, 3.63) is 0 Å². The summed E-state index contributed by atoms with van der Waals surface area (Å²) in [6.07, 6.45) is -34.8. The highest BCUT2D eigenvalue weighted by molar-refractivity contribution is 4.95. The molecule has 4 aliphatic rings. The molecular weight excluding hydrogens is 624 g/mol. The predicted octanol–water partition coefficient (Wildman–Crippen LogP) is -9.75. The van der Waals surface area contributed by atoms with E-state index in [4.69, 9.17) is 33.2 Å². The molecule has 20 atom stereocenters. The smallest absolute Gasteiger partial charge is 0.187 e. The maximum absolute atomic E-state index is 10.7. The first kappa shape index (κ1) is 37.0. The minimum Gasteiger partial charge on any atom is -0.394 e. The van der Waals surface area contributed by atoms with Gasteiger partial charge >= 0.3 is 0 Å². The van der Waals surface area contributed by atoms with Gasteiger partial charge in [0.05, 0.1) is 26.4 Å². The van der Waals surface area contributed by atoms with Gasteiger partial charge in [-0.1, -0.05) is 0 Å². The second-order valence-corrected chi connectivity index (χ2v) is 11.2. The molecule has 45 heavy (non-hydrogen) atoms.